The number of nitrogens with zero attached hydrogens (tertiary/aromatic N) is 4. The number of ether oxygens (including phenoxy) is 4. The Morgan fingerprint density at radius 1 is 1.24 bits per heavy atom. The van der Waals surface area contributed by atoms with Gasteiger partial charge in [-0.25, -0.2) is 19.5 Å². The fourth-order valence-electron chi connectivity index (χ4n) is 4.38. The van der Waals surface area contributed by atoms with Gasteiger partial charge in [0.25, 0.3) is 0 Å². The van der Waals surface area contributed by atoms with Crippen LogP contribution in [-0.4, -0.2) is 87.8 Å². The molecule has 4 rings (SSSR count). The van der Waals surface area contributed by atoms with Crippen LogP contribution in [0.2, 0.25) is 0 Å². The Kier molecular flexibility index (Phi) is 7.05. The zero-order chi connectivity index (χ0) is 23.6. The number of primary amides is 1. The molecule has 2 saturated heterocycles. The fraction of sp³-hybridized carbons (Fsp3) is 0.667. The van der Waals surface area contributed by atoms with Gasteiger partial charge in [0.15, 0.2) is 5.75 Å². The van der Waals surface area contributed by atoms with Crippen molar-refractivity contribution in [2.24, 2.45) is 11.1 Å². The molecule has 12 heteroatoms. The second-order valence-electron chi connectivity index (χ2n) is 8.67. The van der Waals surface area contributed by atoms with Gasteiger partial charge in [0.2, 0.25) is 5.56 Å². The highest BCUT2D eigenvalue weighted by atomic mass is 32.2. The van der Waals surface area contributed by atoms with E-state index in [0.29, 0.717) is 68.1 Å². The molecule has 0 spiro atoms. The molecule has 4 heterocycles. The van der Waals surface area contributed by atoms with Crippen LogP contribution in [0, 0.1) is 5.41 Å². The quantitative estimate of drug-likeness (QED) is 0.674. The maximum absolute atomic E-state index is 13.0. The molecule has 2 N–H and O–H groups in total. The maximum Gasteiger partial charge on any atom is 0.412 e. The third kappa shape index (κ3) is 4.78. The van der Waals surface area contributed by atoms with E-state index < -0.39 is 17.7 Å². The number of likely N-dealkylation sites (tertiary alicyclic amines) is 1. The van der Waals surface area contributed by atoms with Gasteiger partial charge in [-0.05, 0) is 18.3 Å². The molecule has 3 amide bonds. The number of nitrogens with two attached hydrogens (primary N) is 1. The van der Waals surface area contributed by atoms with Gasteiger partial charge in [0.05, 0.1) is 38.0 Å². The maximum atomic E-state index is 13.0. The minimum Gasteiger partial charge on any atom is -0.493 e. The minimum atomic E-state index is -0.949. The predicted molar refractivity (Wildman–Crippen MR) is 123 cm³/mol. The number of pyridine rings is 1. The molecule has 11 nitrogen and oxygen atoms in total. The van der Waals surface area contributed by atoms with Gasteiger partial charge in [-0.1, -0.05) is 18.7 Å². The number of methoxy groups -OCH3 is 2. The summed E-state index contributed by atoms with van der Waals surface area (Å²) in [6, 6.07) is -0.734. The first-order valence-electron chi connectivity index (χ1n) is 11.0. The van der Waals surface area contributed by atoms with Crippen molar-refractivity contribution in [3.8, 4) is 5.75 Å². The Hall–Kier alpha value is -2.44. The van der Waals surface area contributed by atoms with Crippen molar-refractivity contribution >= 4 is 35.4 Å². The Morgan fingerprint density at radius 2 is 1.94 bits per heavy atom. The van der Waals surface area contributed by atoms with Crippen LogP contribution in [0.5, 0.6) is 5.75 Å². The van der Waals surface area contributed by atoms with Gasteiger partial charge in [0, 0.05) is 33.3 Å². The number of hydrogen-bond donors (Lipinski definition) is 1. The highest BCUT2D eigenvalue weighted by Crippen LogP contribution is 2.52. The second-order valence-corrected chi connectivity index (χ2v) is 9.72. The van der Waals surface area contributed by atoms with Gasteiger partial charge in [-0.2, -0.15) is 0 Å². The summed E-state index contributed by atoms with van der Waals surface area (Å²) in [5.41, 5.74) is 5.28. The van der Waals surface area contributed by atoms with E-state index in [1.54, 1.807) is 18.2 Å². The topological polar surface area (TPSA) is 120 Å². The minimum absolute atomic E-state index is 0.0369. The van der Waals surface area contributed by atoms with E-state index in [1.807, 2.05) is 0 Å². The standard InChI is InChI=1S/C21H31N5O6S/c1-21(13-29-2)4-6-25(7-5-21)19(28)32-20-26(18(22)27)15-14(30-3)12-23-17(16(15)33-20)24-8-10-31-11-9-24/h12,20H,4-11,13H2,1-3H3,(H2,22,27). The number of aromatic nitrogens is 1. The molecule has 182 valence electrons. The molecule has 1 unspecified atom stereocenters. The van der Waals surface area contributed by atoms with Crippen molar-refractivity contribution in [3.63, 3.8) is 0 Å². The first kappa shape index (κ1) is 23.7. The number of rotatable bonds is 5. The zero-order valence-electron chi connectivity index (χ0n) is 19.2. The molecule has 33 heavy (non-hydrogen) atoms. The van der Waals surface area contributed by atoms with Crippen LogP contribution in [0.25, 0.3) is 0 Å². The molecule has 0 saturated carbocycles. The van der Waals surface area contributed by atoms with Crippen LogP contribution in [0.4, 0.5) is 21.1 Å². The average molecular weight is 482 g/mol. The normalized spacial score (nSPS) is 22.2. The summed E-state index contributed by atoms with van der Waals surface area (Å²) >= 11 is 1.23. The lowest BCUT2D eigenvalue weighted by molar-refractivity contribution is 0.0261. The largest absolute Gasteiger partial charge is 0.493 e. The van der Waals surface area contributed by atoms with Crippen molar-refractivity contribution in [3.05, 3.63) is 6.20 Å². The summed E-state index contributed by atoms with van der Waals surface area (Å²) in [6.07, 6.45) is 2.70. The molecular weight excluding hydrogens is 450 g/mol. The smallest absolute Gasteiger partial charge is 0.412 e. The third-order valence-corrected chi connectivity index (χ3v) is 7.44. The number of urea groups is 1. The summed E-state index contributed by atoms with van der Waals surface area (Å²) < 4.78 is 22.0. The van der Waals surface area contributed by atoms with Crippen LogP contribution in [0.1, 0.15) is 19.8 Å². The number of morpholine rings is 1. The van der Waals surface area contributed by atoms with Crippen LogP contribution >= 0.6 is 11.8 Å². The molecule has 1 aromatic heterocycles. The van der Waals surface area contributed by atoms with Crippen molar-refractivity contribution in [1.29, 1.82) is 0 Å². The summed E-state index contributed by atoms with van der Waals surface area (Å²) in [7, 11) is 3.19. The highest BCUT2D eigenvalue weighted by Gasteiger charge is 2.43. The fourth-order valence-corrected chi connectivity index (χ4v) is 5.62. The SMILES string of the molecule is COCC1(C)CCN(C(=O)OC2Sc3c(N4CCOCC4)ncc(OC)c3N2C(N)=O)CC1. The Bertz CT molecular complexity index is 888. The predicted octanol–water partition coefficient (Wildman–Crippen LogP) is 2.09. The molecule has 2 fully saturated rings. The number of piperidine rings is 1. The van der Waals surface area contributed by atoms with E-state index in [2.05, 4.69) is 16.8 Å². The van der Waals surface area contributed by atoms with E-state index in [9.17, 15) is 9.59 Å². The van der Waals surface area contributed by atoms with E-state index in [-0.39, 0.29) is 5.41 Å². The van der Waals surface area contributed by atoms with E-state index in [0.717, 1.165) is 12.8 Å². The highest BCUT2D eigenvalue weighted by molar-refractivity contribution is 8.00. The molecule has 0 aromatic carbocycles. The van der Waals surface area contributed by atoms with E-state index in [4.69, 9.17) is 24.7 Å². The molecule has 3 aliphatic heterocycles. The van der Waals surface area contributed by atoms with Crippen molar-refractivity contribution in [2.45, 2.75) is 30.2 Å². The monoisotopic (exact) mass is 481 g/mol. The lowest BCUT2D eigenvalue weighted by atomic mass is 9.81. The zero-order valence-corrected chi connectivity index (χ0v) is 20.1. The number of thioether (sulfide) groups is 1. The summed E-state index contributed by atoms with van der Waals surface area (Å²) in [6.45, 7) is 6.43. The van der Waals surface area contributed by atoms with Crippen LogP contribution in [0.15, 0.2) is 11.1 Å². The summed E-state index contributed by atoms with van der Waals surface area (Å²) in [4.78, 5) is 35.7. The number of anilines is 2. The molecule has 0 bridgehead atoms. The van der Waals surface area contributed by atoms with Crippen molar-refractivity contribution < 1.29 is 28.5 Å². The van der Waals surface area contributed by atoms with E-state index in [1.165, 1.54) is 23.8 Å². The van der Waals surface area contributed by atoms with Crippen molar-refractivity contribution in [2.75, 3.05) is 70.0 Å². The molecule has 0 aliphatic carbocycles. The second kappa shape index (κ2) is 9.82. The number of carbonyl (C=O) groups is 2. The van der Waals surface area contributed by atoms with E-state index >= 15 is 0 Å². The van der Waals surface area contributed by atoms with Crippen LogP contribution in [-0.2, 0) is 14.2 Å². The van der Waals surface area contributed by atoms with Crippen molar-refractivity contribution in [1.82, 2.24) is 9.88 Å². The third-order valence-electron chi connectivity index (χ3n) is 6.32. The number of fused-ring (bicyclic) bond motifs is 1. The van der Waals surface area contributed by atoms with Crippen LogP contribution in [0.3, 0.4) is 0 Å². The molecule has 3 aliphatic rings. The van der Waals surface area contributed by atoms with Gasteiger partial charge < -0.3 is 34.5 Å². The average Bonchev–Trinajstić information content (AvgIpc) is 3.18. The Balaban J connectivity index is 1.54. The van der Waals surface area contributed by atoms with Gasteiger partial charge in [0.1, 0.15) is 11.5 Å². The molecular formula is C21H31N5O6S. The van der Waals surface area contributed by atoms with Crippen LogP contribution < -0.4 is 20.3 Å². The molecule has 1 aromatic rings. The number of hydrogen-bond acceptors (Lipinski definition) is 9. The molecule has 0 radical (unpaired) electrons. The summed E-state index contributed by atoms with van der Waals surface area (Å²) in [5.74, 6) is 1.08. The lowest BCUT2D eigenvalue weighted by Gasteiger charge is -2.38. The first-order chi connectivity index (χ1) is 15.9. The lowest BCUT2D eigenvalue weighted by Crippen LogP contribution is -2.47. The van der Waals surface area contributed by atoms with Gasteiger partial charge in [-0.15, -0.1) is 0 Å². The Morgan fingerprint density at radius 3 is 2.55 bits per heavy atom. The van der Waals surface area contributed by atoms with Gasteiger partial charge in [-0.3, -0.25) is 0 Å². The first-order valence-corrected chi connectivity index (χ1v) is 11.8. The van der Waals surface area contributed by atoms with Gasteiger partial charge >= 0.3 is 12.1 Å². The Labute approximate surface area is 197 Å². The number of amides is 3. The molecule has 1 atom stereocenters. The number of carbonyl (C=O) groups excluding carboxylic acids is 2. The summed E-state index contributed by atoms with van der Waals surface area (Å²) in [5, 5.41) is 0.